The maximum Gasteiger partial charge on any atom is 0.245 e. The van der Waals surface area contributed by atoms with Gasteiger partial charge in [-0.05, 0) is 30.0 Å². The predicted octanol–water partition coefficient (Wildman–Crippen LogP) is 2.32. The highest BCUT2D eigenvalue weighted by Gasteiger charge is 2.32. The van der Waals surface area contributed by atoms with Crippen molar-refractivity contribution in [1.82, 2.24) is 10.2 Å². The van der Waals surface area contributed by atoms with Crippen molar-refractivity contribution in [1.29, 1.82) is 0 Å². The summed E-state index contributed by atoms with van der Waals surface area (Å²) in [6, 6.07) is 7.41. The molecule has 1 aliphatic rings. The molecule has 5 heteroatoms. The summed E-state index contributed by atoms with van der Waals surface area (Å²) in [5.41, 5.74) is 1.02. The topological polar surface area (TPSA) is 49.4 Å². The van der Waals surface area contributed by atoms with Gasteiger partial charge in [0.2, 0.25) is 11.8 Å². The van der Waals surface area contributed by atoms with Crippen LogP contribution in [0.1, 0.15) is 25.8 Å². The van der Waals surface area contributed by atoms with Crippen LogP contribution in [-0.2, 0) is 16.1 Å². The van der Waals surface area contributed by atoms with Gasteiger partial charge >= 0.3 is 0 Å². The van der Waals surface area contributed by atoms with Gasteiger partial charge in [-0.25, -0.2) is 0 Å². The molecule has 1 N–H and O–H groups in total. The fourth-order valence-corrected chi connectivity index (χ4v) is 2.84. The monoisotopic (exact) mass is 338 g/mol. The van der Waals surface area contributed by atoms with Gasteiger partial charge in [-0.15, -0.1) is 0 Å². The van der Waals surface area contributed by atoms with Gasteiger partial charge in [0.1, 0.15) is 6.04 Å². The van der Waals surface area contributed by atoms with E-state index in [0.29, 0.717) is 18.9 Å². The normalized spacial score (nSPS) is 19.4. The number of halogens is 1. The highest BCUT2D eigenvalue weighted by Crippen LogP contribution is 2.17. The lowest BCUT2D eigenvalue weighted by atomic mass is 10.0. The first kappa shape index (κ1) is 15.0. The third-order valence-electron chi connectivity index (χ3n) is 3.25. The van der Waals surface area contributed by atoms with E-state index in [1.807, 2.05) is 38.1 Å². The summed E-state index contributed by atoms with van der Waals surface area (Å²) in [5, 5.41) is 2.79. The minimum absolute atomic E-state index is 0.0123. The maximum atomic E-state index is 12.4. The van der Waals surface area contributed by atoms with Crippen LogP contribution in [0.25, 0.3) is 0 Å². The Kier molecular flexibility index (Phi) is 4.81. The van der Waals surface area contributed by atoms with Crippen molar-refractivity contribution < 1.29 is 9.59 Å². The molecule has 2 rings (SSSR count). The minimum Gasteiger partial charge on any atom is -0.343 e. The number of hydrogen-bond acceptors (Lipinski definition) is 2. The number of carbonyl (C=O) groups is 2. The largest absolute Gasteiger partial charge is 0.343 e. The lowest BCUT2D eigenvalue weighted by molar-refractivity contribution is -0.145. The SMILES string of the molecule is CC(C)CC1NC(=O)CN(Cc2cccc(Br)c2)C1=O. The van der Waals surface area contributed by atoms with Crippen LogP contribution in [-0.4, -0.2) is 29.3 Å². The lowest BCUT2D eigenvalue weighted by Gasteiger charge is -2.33. The number of carbonyl (C=O) groups excluding carboxylic acids is 2. The van der Waals surface area contributed by atoms with Crippen molar-refractivity contribution in [3.63, 3.8) is 0 Å². The highest BCUT2D eigenvalue weighted by atomic mass is 79.9. The first-order valence-electron chi connectivity index (χ1n) is 6.78. The molecule has 4 nitrogen and oxygen atoms in total. The van der Waals surface area contributed by atoms with Gasteiger partial charge in [0, 0.05) is 11.0 Å². The summed E-state index contributed by atoms with van der Waals surface area (Å²) < 4.78 is 0.975. The summed E-state index contributed by atoms with van der Waals surface area (Å²) in [5.74, 6) is 0.304. The molecule has 1 aliphatic heterocycles. The van der Waals surface area contributed by atoms with Gasteiger partial charge in [-0.1, -0.05) is 41.9 Å². The van der Waals surface area contributed by atoms with Gasteiger partial charge in [-0.3, -0.25) is 9.59 Å². The van der Waals surface area contributed by atoms with Crippen LogP contribution < -0.4 is 5.32 Å². The number of rotatable bonds is 4. The first-order chi connectivity index (χ1) is 9.45. The molecular formula is C15H19BrN2O2. The summed E-state index contributed by atoms with van der Waals surface area (Å²) in [6.07, 6.45) is 0.680. The maximum absolute atomic E-state index is 12.4. The fourth-order valence-electron chi connectivity index (χ4n) is 2.39. The highest BCUT2D eigenvalue weighted by molar-refractivity contribution is 9.10. The van der Waals surface area contributed by atoms with Crippen molar-refractivity contribution >= 4 is 27.7 Å². The fraction of sp³-hybridized carbons (Fsp3) is 0.467. The van der Waals surface area contributed by atoms with E-state index in [9.17, 15) is 9.59 Å². The Morgan fingerprint density at radius 3 is 2.80 bits per heavy atom. The van der Waals surface area contributed by atoms with Crippen molar-refractivity contribution in [3.05, 3.63) is 34.3 Å². The third-order valence-corrected chi connectivity index (χ3v) is 3.74. The van der Waals surface area contributed by atoms with Gasteiger partial charge in [0.05, 0.1) is 6.54 Å². The van der Waals surface area contributed by atoms with Crippen molar-refractivity contribution in [2.24, 2.45) is 5.92 Å². The van der Waals surface area contributed by atoms with E-state index < -0.39 is 0 Å². The van der Waals surface area contributed by atoms with Crippen LogP contribution in [0.5, 0.6) is 0 Å². The summed E-state index contributed by atoms with van der Waals surface area (Å²) in [7, 11) is 0. The molecule has 0 bridgehead atoms. The molecule has 0 saturated carbocycles. The minimum atomic E-state index is -0.386. The van der Waals surface area contributed by atoms with Crippen LogP contribution in [0.4, 0.5) is 0 Å². The van der Waals surface area contributed by atoms with Crippen LogP contribution in [0, 0.1) is 5.92 Å². The van der Waals surface area contributed by atoms with Crippen molar-refractivity contribution in [2.45, 2.75) is 32.9 Å². The van der Waals surface area contributed by atoms with Gasteiger partial charge in [0.15, 0.2) is 0 Å². The lowest BCUT2D eigenvalue weighted by Crippen LogP contribution is -2.57. The van der Waals surface area contributed by atoms with E-state index in [2.05, 4.69) is 21.2 Å². The summed E-state index contributed by atoms with van der Waals surface area (Å²) >= 11 is 3.42. The summed E-state index contributed by atoms with van der Waals surface area (Å²) in [6.45, 7) is 4.71. The number of piperazine rings is 1. The van der Waals surface area contributed by atoms with Gasteiger partial charge in [0.25, 0.3) is 0 Å². The predicted molar refractivity (Wildman–Crippen MR) is 80.9 cm³/mol. The number of hydrogen-bond donors (Lipinski definition) is 1. The Hall–Kier alpha value is -1.36. The molecule has 1 aromatic carbocycles. The molecule has 0 radical (unpaired) electrons. The number of nitrogens with zero attached hydrogens (tertiary/aromatic N) is 1. The molecule has 0 spiro atoms. The molecule has 108 valence electrons. The van der Waals surface area contributed by atoms with Crippen LogP contribution in [0.2, 0.25) is 0 Å². The number of amides is 2. The molecule has 1 saturated heterocycles. The summed E-state index contributed by atoms with van der Waals surface area (Å²) in [4.78, 5) is 25.8. The molecule has 1 fully saturated rings. The Morgan fingerprint density at radius 2 is 2.15 bits per heavy atom. The average molecular weight is 339 g/mol. The quantitative estimate of drug-likeness (QED) is 0.915. The van der Waals surface area contributed by atoms with Crippen molar-refractivity contribution in [2.75, 3.05) is 6.54 Å². The average Bonchev–Trinajstić information content (AvgIpc) is 2.34. The zero-order chi connectivity index (χ0) is 14.7. The molecule has 1 heterocycles. The third kappa shape index (κ3) is 3.82. The van der Waals surface area contributed by atoms with Gasteiger partial charge in [-0.2, -0.15) is 0 Å². The van der Waals surface area contributed by atoms with E-state index in [1.54, 1.807) is 4.90 Å². The Bertz CT molecular complexity index is 516. The van der Waals surface area contributed by atoms with E-state index >= 15 is 0 Å². The first-order valence-corrected chi connectivity index (χ1v) is 7.57. The smallest absolute Gasteiger partial charge is 0.245 e. The molecular weight excluding hydrogens is 320 g/mol. The zero-order valence-corrected chi connectivity index (χ0v) is 13.3. The molecule has 0 aromatic heterocycles. The van der Waals surface area contributed by atoms with E-state index in [1.165, 1.54) is 0 Å². The standard InChI is InChI=1S/C15H19BrN2O2/c1-10(2)6-13-15(20)18(9-14(19)17-13)8-11-4-3-5-12(16)7-11/h3-5,7,10,13H,6,8-9H2,1-2H3,(H,17,19). The van der Waals surface area contributed by atoms with Crippen LogP contribution in [0.3, 0.4) is 0 Å². The Balaban J connectivity index is 2.10. The van der Waals surface area contributed by atoms with Crippen LogP contribution >= 0.6 is 15.9 Å². The molecule has 2 amide bonds. The van der Waals surface area contributed by atoms with E-state index in [4.69, 9.17) is 0 Å². The van der Waals surface area contributed by atoms with Gasteiger partial charge < -0.3 is 10.2 Å². The second kappa shape index (κ2) is 6.39. The van der Waals surface area contributed by atoms with Crippen molar-refractivity contribution in [3.8, 4) is 0 Å². The molecule has 20 heavy (non-hydrogen) atoms. The molecule has 1 atom stereocenters. The second-order valence-corrected chi connectivity index (χ2v) is 6.49. The molecule has 1 unspecified atom stereocenters. The van der Waals surface area contributed by atoms with E-state index in [0.717, 1.165) is 10.0 Å². The molecule has 0 aliphatic carbocycles. The number of benzene rings is 1. The Labute approximate surface area is 127 Å². The van der Waals surface area contributed by atoms with Crippen LogP contribution in [0.15, 0.2) is 28.7 Å². The number of nitrogens with one attached hydrogen (secondary N) is 1. The second-order valence-electron chi connectivity index (χ2n) is 5.57. The molecule has 1 aromatic rings. The Morgan fingerprint density at radius 1 is 1.40 bits per heavy atom. The zero-order valence-electron chi connectivity index (χ0n) is 11.7. The van der Waals surface area contributed by atoms with E-state index in [-0.39, 0.29) is 24.4 Å².